The molecule has 0 atom stereocenters. The normalized spacial score (nSPS) is 11.1. The van der Waals surface area contributed by atoms with Gasteiger partial charge in [-0.1, -0.05) is 11.6 Å². The molecule has 2 aromatic heterocycles. The lowest BCUT2D eigenvalue weighted by molar-refractivity contribution is 0.555. The topological polar surface area (TPSA) is 58.0 Å². The van der Waals surface area contributed by atoms with E-state index in [1.165, 1.54) is 11.3 Å². The second kappa shape index (κ2) is 5.03. The number of aromatic amines is 1. The van der Waals surface area contributed by atoms with Crippen molar-refractivity contribution in [3.05, 3.63) is 48.5 Å². The van der Waals surface area contributed by atoms with Gasteiger partial charge in [0.05, 0.1) is 5.52 Å². The first-order chi connectivity index (χ1) is 9.11. The Balaban J connectivity index is 1.79. The van der Waals surface area contributed by atoms with Crippen LogP contribution < -0.4 is 11.1 Å². The monoisotopic (exact) mass is 358 g/mol. The standard InChI is InChI=1S/C12H8BrClN2O2S/c13-8-4-7(19-11(8)14)5-15-6-1-2-10-9(3-6)16-12(17)18-10/h1-4,15H,5H2,(H,16,17). The van der Waals surface area contributed by atoms with Gasteiger partial charge in [-0.2, -0.15) is 0 Å². The number of benzene rings is 1. The predicted octanol–water partition coefficient (Wildman–Crippen LogP) is 4.21. The lowest BCUT2D eigenvalue weighted by Gasteiger charge is -2.03. The van der Waals surface area contributed by atoms with Gasteiger partial charge in [-0.3, -0.25) is 4.98 Å². The second-order valence-electron chi connectivity index (χ2n) is 3.91. The minimum atomic E-state index is -0.443. The van der Waals surface area contributed by atoms with E-state index in [4.69, 9.17) is 16.0 Å². The summed E-state index contributed by atoms with van der Waals surface area (Å²) in [6.45, 7) is 0.670. The van der Waals surface area contributed by atoms with E-state index in [1.54, 1.807) is 6.07 Å². The minimum Gasteiger partial charge on any atom is -0.408 e. The third-order valence-electron chi connectivity index (χ3n) is 2.58. The smallest absolute Gasteiger partial charge is 0.408 e. The highest BCUT2D eigenvalue weighted by Gasteiger charge is 2.05. The molecule has 98 valence electrons. The number of fused-ring (bicyclic) bond motifs is 1. The third-order valence-corrected chi connectivity index (χ3v) is 5.06. The number of halogens is 2. The SMILES string of the molecule is O=c1[nH]c2cc(NCc3cc(Br)c(Cl)s3)ccc2o1. The molecular formula is C12H8BrClN2O2S. The molecule has 2 heterocycles. The quantitative estimate of drug-likeness (QED) is 0.736. The number of rotatable bonds is 3. The van der Waals surface area contributed by atoms with Crippen LogP contribution in [0.1, 0.15) is 4.88 Å². The van der Waals surface area contributed by atoms with Crippen molar-refractivity contribution in [3.63, 3.8) is 0 Å². The Kier molecular flexibility index (Phi) is 3.38. The molecule has 0 aliphatic rings. The number of nitrogens with one attached hydrogen (secondary N) is 2. The Morgan fingerprint density at radius 2 is 2.26 bits per heavy atom. The van der Waals surface area contributed by atoms with E-state index in [9.17, 15) is 4.79 Å². The van der Waals surface area contributed by atoms with Crippen molar-refractivity contribution in [2.45, 2.75) is 6.54 Å². The molecule has 0 bridgehead atoms. The van der Waals surface area contributed by atoms with Gasteiger partial charge < -0.3 is 9.73 Å². The molecule has 0 fully saturated rings. The summed E-state index contributed by atoms with van der Waals surface area (Å²) in [7, 11) is 0. The number of aromatic nitrogens is 1. The molecule has 7 heteroatoms. The average Bonchev–Trinajstić information content (AvgIpc) is 2.88. The molecule has 4 nitrogen and oxygen atoms in total. The van der Waals surface area contributed by atoms with Crippen LogP contribution in [0, 0.1) is 0 Å². The molecule has 2 N–H and O–H groups in total. The molecule has 19 heavy (non-hydrogen) atoms. The van der Waals surface area contributed by atoms with E-state index in [0.717, 1.165) is 19.4 Å². The van der Waals surface area contributed by atoms with Crippen molar-refractivity contribution in [1.29, 1.82) is 0 Å². The van der Waals surface area contributed by atoms with E-state index in [2.05, 4.69) is 26.2 Å². The van der Waals surface area contributed by atoms with E-state index in [1.807, 2.05) is 18.2 Å². The summed E-state index contributed by atoms with van der Waals surface area (Å²) in [6, 6.07) is 7.44. The zero-order valence-electron chi connectivity index (χ0n) is 9.50. The molecule has 0 radical (unpaired) electrons. The first-order valence-corrected chi connectivity index (χ1v) is 7.41. The lowest BCUT2D eigenvalue weighted by Crippen LogP contribution is -1.97. The molecular weight excluding hydrogens is 352 g/mol. The summed E-state index contributed by atoms with van der Waals surface area (Å²) in [6.07, 6.45) is 0. The highest BCUT2D eigenvalue weighted by Crippen LogP contribution is 2.32. The molecule has 3 rings (SSSR count). The fourth-order valence-corrected chi connectivity index (χ4v) is 3.46. The van der Waals surface area contributed by atoms with Gasteiger partial charge in [0.2, 0.25) is 0 Å². The first kappa shape index (κ1) is 12.8. The van der Waals surface area contributed by atoms with E-state index in [-0.39, 0.29) is 0 Å². The number of anilines is 1. The van der Waals surface area contributed by atoms with Crippen molar-refractivity contribution in [3.8, 4) is 0 Å². The molecule has 0 saturated carbocycles. The Morgan fingerprint density at radius 1 is 1.42 bits per heavy atom. The number of thiophene rings is 1. The van der Waals surface area contributed by atoms with E-state index >= 15 is 0 Å². The van der Waals surface area contributed by atoms with Gasteiger partial charge in [0.25, 0.3) is 0 Å². The molecule has 1 aromatic carbocycles. The molecule has 0 saturated heterocycles. The van der Waals surface area contributed by atoms with Gasteiger partial charge in [0, 0.05) is 21.6 Å². The molecule has 0 unspecified atom stereocenters. The summed E-state index contributed by atoms with van der Waals surface area (Å²) in [5.41, 5.74) is 2.14. The first-order valence-electron chi connectivity index (χ1n) is 5.42. The van der Waals surface area contributed by atoms with Crippen LogP contribution in [-0.4, -0.2) is 4.98 Å². The van der Waals surface area contributed by atoms with Crippen LogP contribution in [0.4, 0.5) is 5.69 Å². The minimum absolute atomic E-state index is 0.443. The van der Waals surface area contributed by atoms with E-state index in [0.29, 0.717) is 17.6 Å². The zero-order chi connectivity index (χ0) is 13.4. The molecule has 0 spiro atoms. The molecule has 0 aliphatic carbocycles. The number of oxazole rings is 1. The van der Waals surface area contributed by atoms with Crippen LogP contribution in [0.2, 0.25) is 4.34 Å². The summed E-state index contributed by atoms with van der Waals surface area (Å²) in [4.78, 5) is 14.8. The van der Waals surface area contributed by atoms with Gasteiger partial charge in [0.1, 0.15) is 4.34 Å². The average molecular weight is 360 g/mol. The summed E-state index contributed by atoms with van der Waals surface area (Å²) in [5, 5.41) is 3.27. The predicted molar refractivity (Wildman–Crippen MR) is 81.2 cm³/mol. The van der Waals surface area contributed by atoms with Crippen molar-refractivity contribution >= 4 is 55.7 Å². The van der Waals surface area contributed by atoms with Crippen molar-refractivity contribution in [2.24, 2.45) is 0 Å². The molecule has 3 aromatic rings. The van der Waals surface area contributed by atoms with Crippen molar-refractivity contribution in [2.75, 3.05) is 5.32 Å². The summed E-state index contributed by atoms with van der Waals surface area (Å²) < 4.78 is 6.59. The summed E-state index contributed by atoms with van der Waals surface area (Å²) >= 11 is 10.9. The zero-order valence-corrected chi connectivity index (χ0v) is 12.7. The van der Waals surface area contributed by atoms with Crippen LogP contribution in [0.15, 0.2) is 37.9 Å². The Morgan fingerprint density at radius 3 is 3.00 bits per heavy atom. The van der Waals surface area contributed by atoms with Gasteiger partial charge in [-0.15, -0.1) is 11.3 Å². The number of H-pyrrole nitrogens is 1. The van der Waals surface area contributed by atoms with Crippen LogP contribution in [0.5, 0.6) is 0 Å². The van der Waals surface area contributed by atoms with Crippen LogP contribution >= 0.6 is 38.9 Å². The second-order valence-corrected chi connectivity index (χ2v) is 6.51. The highest BCUT2D eigenvalue weighted by molar-refractivity contribution is 9.10. The molecule has 0 amide bonds. The Hall–Kier alpha value is -1.24. The fourth-order valence-electron chi connectivity index (χ4n) is 1.73. The maximum Gasteiger partial charge on any atom is 0.417 e. The maximum absolute atomic E-state index is 11.1. The third kappa shape index (κ3) is 2.70. The van der Waals surface area contributed by atoms with Crippen LogP contribution in [0.3, 0.4) is 0 Å². The molecule has 0 aliphatic heterocycles. The Labute approximate surface area is 125 Å². The van der Waals surface area contributed by atoms with Gasteiger partial charge in [-0.25, -0.2) is 4.79 Å². The van der Waals surface area contributed by atoms with Crippen molar-refractivity contribution in [1.82, 2.24) is 4.98 Å². The number of hydrogen-bond acceptors (Lipinski definition) is 4. The number of hydrogen-bond donors (Lipinski definition) is 2. The maximum atomic E-state index is 11.1. The largest absolute Gasteiger partial charge is 0.417 e. The van der Waals surface area contributed by atoms with Gasteiger partial charge in [0.15, 0.2) is 5.58 Å². The van der Waals surface area contributed by atoms with Crippen LogP contribution in [0.25, 0.3) is 11.1 Å². The fraction of sp³-hybridized carbons (Fsp3) is 0.0833. The van der Waals surface area contributed by atoms with Gasteiger partial charge in [-0.05, 0) is 40.2 Å². The van der Waals surface area contributed by atoms with E-state index < -0.39 is 5.76 Å². The van der Waals surface area contributed by atoms with Crippen LogP contribution in [-0.2, 0) is 6.54 Å². The highest BCUT2D eigenvalue weighted by atomic mass is 79.9. The van der Waals surface area contributed by atoms with Gasteiger partial charge >= 0.3 is 5.76 Å². The lowest BCUT2D eigenvalue weighted by atomic mass is 10.3. The summed E-state index contributed by atoms with van der Waals surface area (Å²) in [5.74, 6) is -0.443. The van der Waals surface area contributed by atoms with Crippen molar-refractivity contribution < 1.29 is 4.42 Å². The Bertz CT molecular complexity index is 773.